The first-order valence-corrected chi connectivity index (χ1v) is 4.15. The van der Waals surface area contributed by atoms with Gasteiger partial charge in [-0.15, -0.1) is 0 Å². The highest BCUT2D eigenvalue weighted by molar-refractivity contribution is 6.41. The molecule has 0 radical (unpaired) electrons. The topological polar surface area (TPSA) is 0 Å². The first kappa shape index (κ1) is 14.7. The van der Waals surface area contributed by atoms with E-state index in [2.05, 4.69) is 46.4 Å². The second kappa shape index (κ2) is 3.64. The molecule has 10 heteroatoms. The molecule has 0 aliphatic heterocycles. The monoisotopic (exact) mass is 302 g/mol. The van der Waals surface area contributed by atoms with Gasteiger partial charge in [0.25, 0.3) is 0 Å². The van der Waals surface area contributed by atoms with E-state index >= 15 is 0 Å². The lowest BCUT2D eigenvalue weighted by atomic mass is 10.2. The highest BCUT2D eigenvalue weighted by Gasteiger charge is 2.76. The van der Waals surface area contributed by atoms with Gasteiger partial charge in [-0.2, -0.15) is 17.6 Å². The van der Waals surface area contributed by atoms with Crippen molar-refractivity contribution in [3.05, 3.63) is 0 Å². The third-order valence-electron chi connectivity index (χ3n) is 1.11. The summed E-state index contributed by atoms with van der Waals surface area (Å²) in [6.45, 7) is 0. The summed E-state index contributed by atoms with van der Waals surface area (Å²) in [6.07, 6.45) is 0. The number of hydrogen-bond donors (Lipinski definition) is 0. The molecule has 0 heterocycles. The summed E-state index contributed by atoms with van der Waals surface area (Å²) < 4.78 is 73.6. The molecular formula is C4Cl4F6. The Balaban J connectivity index is 5.30. The predicted molar refractivity (Wildman–Crippen MR) is 41.0 cm³/mol. The first-order valence-electron chi connectivity index (χ1n) is 2.64. The molecule has 0 aliphatic carbocycles. The van der Waals surface area contributed by atoms with Crippen LogP contribution in [0.25, 0.3) is 0 Å². The Morgan fingerprint density at radius 2 is 0.643 bits per heavy atom. The summed E-state index contributed by atoms with van der Waals surface area (Å²) in [5, 5.41) is -20.4. The average molecular weight is 304 g/mol. The van der Waals surface area contributed by atoms with Crippen LogP contribution in [0.1, 0.15) is 0 Å². The summed E-state index contributed by atoms with van der Waals surface area (Å²) in [7, 11) is 0. The van der Waals surface area contributed by atoms with Crippen molar-refractivity contribution in [2.24, 2.45) is 0 Å². The molecule has 0 N–H and O–H groups in total. The van der Waals surface area contributed by atoms with Gasteiger partial charge in [0, 0.05) is 0 Å². The van der Waals surface area contributed by atoms with Gasteiger partial charge in [0.05, 0.1) is 0 Å². The number of hydrogen-bond acceptors (Lipinski definition) is 0. The fourth-order valence-corrected chi connectivity index (χ4v) is 0.951. The summed E-state index contributed by atoms with van der Waals surface area (Å²) in [5.74, 6) is 0. The smallest absolute Gasteiger partial charge is 0.212 e. The summed E-state index contributed by atoms with van der Waals surface area (Å²) in [4.78, 5) is 0. The molecule has 2 atom stereocenters. The van der Waals surface area contributed by atoms with E-state index in [9.17, 15) is 26.3 Å². The maximum Gasteiger partial charge on any atom is 0.373 e. The van der Waals surface area contributed by atoms with Gasteiger partial charge in [-0.1, -0.05) is 23.2 Å². The SMILES string of the molecule is FC(F)(Cl)[C@@](F)(Cl)[C@](F)(Cl)C(F)(F)Cl. The van der Waals surface area contributed by atoms with Gasteiger partial charge in [-0.3, -0.25) is 0 Å². The van der Waals surface area contributed by atoms with Crippen molar-refractivity contribution >= 4 is 46.4 Å². The molecule has 0 fully saturated rings. The van der Waals surface area contributed by atoms with Crippen molar-refractivity contribution in [3.8, 4) is 0 Å². The summed E-state index contributed by atoms with van der Waals surface area (Å²) >= 11 is 16.3. The lowest BCUT2D eigenvalue weighted by molar-refractivity contribution is -0.140. The average Bonchev–Trinajstić information content (AvgIpc) is 1.81. The van der Waals surface area contributed by atoms with Crippen LogP contribution in [-0.2, 0) is 0 Å². The second-order valence-electron chi connectivity index (χ2n) is 2.14. The predicted octanol–water partition coefficient (Wildman–Crippen LogP) is 4.46. The molecule has 14 heavy (non-hydrogen) atoms. The Labute approximate surface area is 94.0 Å². The molecule has 0 aromatic carbocycles. The highest BCUT2D eigenvalue weighted by atomic mass is 35.5. The Morgan fingerprint density at radius 1 is 0.500 bits per heavy atom. The molecule has 0 amide bonds. The largest absolute Gasteiger partial charge is 0.373 e. The van der Waals surface area contributed by atoms with Crippen LogP contribution in [0.4, 0.5) is 26.3 Å². The zero-order chi connectivity index (χ0) is 12.0. The van der Waals surface area contributed by atoms with Gasteiger partial charge in [0.15, 0.2) is 0 Å². The van der Waals surface area contributed by atoms with Crippen LogP contribution in [0.3, 0.4) is 0 Å². The van der Waals surface area contributed by atoms with Crippen LogP contribution in [0.15, 0.2) is 0 Å². The molecule has 0 aliphatic rings. The Bertz CT molecular complexity index is 191. The number of halogens is 10. The third kappa shape index (κ3) is 2.28. The molecule has 0 saturated carbocycles. The Hall–Kier alpha value is 0.740. The normalized spacial score (nSPS) is 22.7. The van der Waals surface area contributed by atoms with Crippen LogP contribution < -0.4 is 0 Å². The van der Waals surface area contributed by atoms with Crippen molar-refractivity contribution in [2.75, 3.05) is 0 Å². The molecule has 86 valence electrons. The minimum absolute atomic E-state index is 3.96. The van der Waals surface area contributed by atoms with Crippen LogP contribution in [0, 0.1) is 0 Å². The van der Waals surface area contributed by atoms with Gasteiger partial charge in [0.1, 0.15) is 0 Å². The lowest BCUT2D eigenvalue weighted by Gasteiger charge is -2.34. The first-order chi connectivity index (χ1) is 5.75. The summed E-state index contributed by atoms with van der Waals surface area (Å²) in [6, 6.07) is 0. The van der Waals surface area contributed by atoms with Gasteiger partial charge in [0.2, 0.25) is 0 Å². The van der Waals surface area contributed by atoms with Crippen molar-refractivity contribution < 1.29 is 26.3 Å². The zero-order valence-electron chi connectivity index (χ0n) is 5.78. The fourth-order valence-electron chi connectivity index (χ4n) is 0.356. The van der Waals surface area contributed by atoms with E-state index in [0.29, 0.717) is 0 Å². The minimum Gasteiger partial charge on any atom is -0.212 e. The Morgan fingerprint density at radius 3 is 0.714 bits per heavy atom. The van der Waals surface area contributed by atoms with Crippen LogP contribution in [0.2, 0.25) is 0 Å². The standard InChI is InChI=1S/C4Cl4F6/c5-1(9,3(7,11)12)2(6,10)4(8,13)14/t1-,2-/m1/s1. The van der Waals surface area contributed by atoms with Crippen LogP contribution in [0.5, 0.6) is 0 Å². The molecule has 0 bridgehead atoms. The molecule has 0 nitrogen and oxygen atoms in total. The van der Waals surface area contributed by atoms with E-state index < -0.39 is 21.0 Å². The van der Waals surface area contributed by atoms with E-state index in [1.807, 2.05) is 0 Å². The second-order valence-corrected chi connectivity index (χ2v) is 4.14. The van der Waals surface area contributed by atoms with Gasteiger partial charge >= 0.3 is 21.0 Å². The molecule has 0 aromatic rings. The zero-order valence-corrected chi connectivity index (χ0v) is 8.80. The van der Waals surface area contributed by atoms with Crippen molar-refractivity contribution in [1.82, 2.24) is 0 Å². The van der Waals surface area contributed by atoms with Gasteiger partial charge in [-0.05, 0) is 23.2 Å². The number of alkyl halides is 10. The van der Waals surface area contributed by atoms with Gasteiger partial charge < -0.3 is 0 Å². The quantitative estimate of drug-likeness (QED) is 0.533. The fraction of sp³-hybridized carbons (Fsp3) is 1.00. The molecule has 0 saturated heterocycles. The van der Waals surface area contributed by atoms with E-state index in [0.717, 1.165) is 0 Å². The minimum atomic E-state index is -5.16. The maximum absolute atomic E-state index is 12.7. The molecule has 0 spiro atoms. The van der Waals surface area contributed by atoms with Crippen LogP contribution in [-0.4, -0.2) is 21.0 Å². The van der Waals surface area contributed by atoms with Crippen molar-refractivity contribution in [2.45, 2.75) is 21.0 Å². The van der Waals surface area contributed by atoms with E-state index in [1.165, 1.54) is 0 Å². The van der Waals surface area contributed by atoms with Gasteiger partial charge in [-0.25, -0.2) is 8.78 Å². The van der Waals surface area contributed by atoms with E-state index in [-0.39, 0.29) is 0 Å². The maximum atomic E-state index is 12.7. The van der Waals surface area contributed by atoms with Crippen molar-refractivity contribution in [3.63, 3.8) is 0 Å². The van der Waals surface area contributed by atoms with Crippen molar-refractivity contribution in [1.29, 1.82) is 0 Å². The summed E-state index contributed by atoms with van der Waals surface area (Å²) in [5.41, 5.74) is 0. The lowest BCUT2D eigenvalue weighted by Crippen LogP contribution is -2.57. The molecule has 0 unspecified atom stereocenters. The molecule has 0 rings (SSSR count). The van der Waals surface area contributed by atoms with E-state index in [4.69, 9.17) is 0 Å². The van der Waals surface area contributed by atoms with Crippen LogP contribution >= 0.6 is 46.4 Å². The highest BCUT2D eigenvalue weighted by Crippen LogP contribution is 2.57. The van der Waals surface area contributed by atoms with E-state index in [1.54, 1.807) is 0 Å². The third-order valence-corrected chi connectivity index (χ3v) is 2.91. The Kier molecular flexibility index (Phi) is 3.84. The molecular weight excluding hydrogens is 304 g/mol. The molecule has 0 aromatic heterocycles. The number of rotatable bonds is 3.